The molecule has 0 aliphatic carbocycles. The van der Waals surface area contributed by atoms with Crippen LogP contribution in [0, 0.1) is 5.92 Å². The molecule has 2 unspecified atom stereocenters. The molecule has 2 atom stereocenters. The highest BCUT2D eigenvalue weighted by Gasteiger charge is 2.49. The van der Waals surface area contributed by atoms with Gasteiger partial charge >= 0.3 is 0 Å². The van der Waals surface area contributed by atoms with Crippen LogP contribution in [0.4, 0.5) is 0 Å². The van der Waals surface area contributed by atoms with E-state index >= 15 is 0 Å². The Bertz CT molecular complexity index is 400. The Kier molecular flexibility index (Phi) is 3.49. The van der Waals surface area contributed by atoms with Crippen LogP contribution < -0.4 is 11.3 Å². The van der Waals surface area contributed by atoms with Crippen LogP contribution in [0.1, 0.15) is 45.7 Å². The molecule has 3 heteroatoms. The number of ether oxygens (including phenoxy) is 1. The van der Waals surface area contributed by atoms with Gasteiger partial charge in [0.1, 0.15) is 0 Å². The van der Waals surface area contributed by atoms with E-state index in [0.29, 0.717) is 5.92 Å². The number of nitrogens with one attached hydrogen (secondary N) is 1. The van der Waals surface area contributed by atoms with E-state index in [9.17, 15) is 0 Å². The Morgan fingerprint density at radius 2 is 1.83 bits per heavy atom. The van der Waals surface area contributed by atoms with Crippen LogP contribution >= 0.6 is 0 Å². The fraction of sp³-hybridized carbons (Fsp3) is 0.600. The van der Waals surface area contributed by atoms with Crippen LogP contribution in [-0.2, 0) is 4.74 Å². The van der Waals surface area contributed by atoms with Gasteiger partial charge in [-0.05, 0) is 39.7 Å². The molecule has 0 saturated carbocycles. The maximum atomic E-state index is 6.16. The van der Waals surface area contributed by atoms with Crippen LogP contribution in [0.25, 0.3) is 0 Å². The van der Waals surface area contributed by atoms with Crippen LogP contribution in [0.15, 0.2) is 30.3 Å². The van der Waals surface area contributed by atoms with Crippen molar-refractivity contribution in [3.05, 3.63) is 35.9 Å². The molecule has 1 fully saturated rings. The van der Waals surface area contributed by atoms with Gasteiger partial charge in [0.05, 0.1) is 17.2 Å². The van der Waals surface area contributed by atoms with Gasteiger partial charge in [-0.1, -0.05) is 30.3 Å². The van der Waals surface area contributed by atoms with Gasteiger partial charge in [0.25, 0.3) is 0 Å². The summed E-state index contributed by atoms with van der Waals surface area (Å²) in [6, 6.07) is 10.5. The summed E-state index contributed by atoms with van der Waals surface area (Å²) in [6.07, 6.45) is 1.00. The normalized spacial score (nSPS) is 27.1. The van der Waals surface area contributed by atoms with Gasteiger partial charge in [0, 0.05) is 5.92 Å². The largest absolute Gasteiger partial charge is 0.369 e. The molecule has 1 aliphatic heterocycles. The lowest BCUT2D eigenvalue weighted by atomic mass is 9.79. The van der Waals surface area contributed by atoms with E-state index in [0.717, 1.165) is 6.42 Å². The fourth-order valence-corrected chi connectivity index (χ4v) is 3.23. The number of hydrogen-bond acceptors (Lipinski definition) is 3. The Labute approximate surface area is 110 Å². The highest BCUT2D eigenvalue weighted by molar-refractivity contribution is 5.21. The standard InChI is InChI=1S/C15H24N2O/c1-14(2)10-12(15(3,4)18-14)13(17-16)11-8-6-5-7-9-11/h5-9,12-13,17H,10,16H2,1-4H3. The number of hydrogen-bond donors (Lipinski definition) is 2. The minimum Gasteiger partial charge on any atom is -0.369 e. The Hall–Kier alpha value is -0.900. The molecule has 1 aliphatic rings. The lowest BCUT2D eigenvalue weighted by Gasteiger charge is -2.32. The molecule has 1 saturated heterocycles. The zero-order valence-electron chi connectivity index (χ0n) is 11.7. The van der Waals surface area contributed by atoms with Gasteiger partial charge in [-0.2, -0.15) is 0 Å². The predicted molar refractivity (Wildman–Crippen MR) is 73.9 cm³/mol. The molecule has 0 aromatic heterocycles. The average molecular weight is 248 g/mol. The molecule has 3 nitrogen and oxygen atoms in total. The topological polar surface area (TPSA) is 47.3 Å². The lowest BCUT2D eigenvalue weighted by Crippen LogP contribution is -2.41. The molecular formula is C15H24N2O. The number of nitrogens with two attached hydrogens (primary N) is 1. The van der Waals surface area contributed by atoms with Crippen LogP contribution in [0.2, 0.25) is 0 Å². The second-order valence-electron chi connectivity index (χ2n) is 6.33. The molecule has 1 heterocycles. The maximum absolute atomic E-state index is 6.16. The quantitative estimate of drug-likeness (QED) is 0.638. The van der Waals surface area contributed by atoms with Crippen LogP contribution in [0.3, 0.4) is 0 Å². The Balaban J connectivity index is 2.29. The predicted octanol–water partition coefficient (Wildman–Crippen LogP) is 2.78. The van der Waals surface area contributed by atoms with E-state index in [1.54, 1.807) is 0 Å². The maximum Gasteiger partial charge on any atom is 0.0681 e. The Morgan fingerprint density at radius 1 is 1.22 bits per heavy atom. The zero-order chi connectivity index (χ0) is 13.4. The summed E-state index contributed by atoms with van der Waals surface area (Å²) in [5, 5.41) is 0. The van der Waals surface area contributed by atoms with Crippen molar-refractivity contribution in [2.45, 2.75) is 51.4 Å². The van der Waals surface area contributed by atoms with Crippen molar-refractivity contribution in [2.75, 3.05) is 0 Å². The van der Waals surface area contributed by atoms with Crippen molar-refractivity contribution < 1.29 is 4.74 Å². The van der Waals surface area contributed by atoms with Crippen molar-refractivity contribution in [1.82, 2.24) is 5.43 Å². The third-order valence-corrected chi connectivity index (χ3v) is 3.88. The summed E-state index contributed by atoms with van der Waals surface area (Å²) in [4.78, 5) is 0. The first-order chi connectivity index (χ1) is 8.36. The monoisotopic (exact) mass is 248 g/mol. The summed E-state index contributed by atoms with van der Waals surface area (Å²) in [5.74, 6) is 6.15. The third kappa shape index (κ3) is 2.58. The SMILES string of the molecule is CC1(C)CC(C(NN)c2ccccc2)C(C)(C)O1. The molecule has 1 aromatic rings. The van der Waals surface area contributed by atoms with Crippen LogP contribution in [-0.4, -0.2) is 11.2 Å². The molecule has 1 aromatic carbocycles. The number of hydrazine groups is 1. The summed E-state index contributed by atoms with van der Waals surface area (Å²) in [7, 11) is 0. The molecule has 0 spiro atoms. The highest BCUT2D eigenvalue weighted by atomic mass is 16.5. The second-order valence-corrected chi connectivity index (χ2v) is 6.33. The van der Waals surface area contributed by atoms with E-state index in [4.69, 9.17) is 10.6 Å². The average Bonchev–Trinajstić information content (AvgIpc) is 2.50. The molecule has 100 valence electrons. The zero-order valence-corrected chi connectivity index (χ0v) is 11.7. The molecule has 18 heavy (non-hydrogen) atoms. The third-order valence-electron chi connectivity index (χ3n) is 3.88. The first-order valence-corrected chi connectivity index (χ1v) is 6.57. The van der Waals surface area contributed by atoms with E-state index in [1.165, 1.54) is 5.56 Å². The van der Waals surface area contributed by atoms with Crippen molar-refractivity contribution >= 4 is 0 Å². The molecule has 0 amide bonds. The first-order valence-electron chi connectivity index (χ1n) is 6.57. The number of rotatable bonds is 3. The summed E-state index contributed by atoms with van der Waals surface area (Å²) < 4.78 is 6.16. The summed E-state index contributed by atoms with van der Waals surface area (Å²) in [6.45, 7) is 8.60. The van der Waals surface area contributed by atoms with E-state index in [-0.39, 0.29) is 17.2 Å². The minimum atomic E-state index is -0.170. The second kappa shape index (κ2) is 4.65. The van der Waals surface area contributed by atoms with Gasteiger partial charge in [0.15, 0.2) is 0 Å². The smallest absolute Gasteiger partial charge is 0.0681 e. The summed E-state index contributed by atoms with van der Waals surface area (Å²) >= 11 is 0. The fourth-order valence-electron chi connectivity index (χ4n) is 3.23. The molecular weight excluding hydrogens is 224 g/mol. The lowest BCUT2D eigenvalue weighted by molar-refractivity contribution is -0.0779. The molecule has 3 N–H and O–H groups in total. The van der Waals surface area contributed by atoms with Gasteiger partial charge in [-0.15, -0.1) is 0 Å². The van der Waals surface area contributed by atoms with Crippen molar-refractivity contribution in [3.8, 4) is 0 Å². The summed E-state index contributed by atoms with van der Waals surface area (Å²) in [5.41, 5.74) is 3.94. The van der Waals surface area contributed by atoms with E-state index < -0.39 is 0 Å². The first kappa shape index (κ1) is 13.5. The van der Waals surface area contributed by atoms with Crippen molar-refractivity contribution in [1.29, 1.82) is 0 Å². The van der Waals surface area contributed by atoms with E-state index in [1.807, 2.05) is 18.2 Å². The van der Waals surface area contributed by atoms with Gasteiger partial charge in [0.2, 0.25) is 0 Å². The van der Waals surface area contributed by atoms with Gasteiger partial charge in [-0.3, -0.25) is 11.3 Å². The molecule has 0 bridgehead atoms. The van der Waals surface area contributed by atoms with Crippen molar-refractivity contribution in [3.63, 3.8) is 0 Å². The number of benzene rings is 1. The van der Waals surface area contributed by atoms with Gasteiger partial charge < -0.3 is 4.74 Å². The molecule has 0 radical (unpaired) electrons. The van der Waals surface area contributed by atoms with Crippen molar-refractivity contribution in [2.24, 2.45) is 11.8 Å². The van der Waals surface area contributed by atoms with E-state index in [2.05, 4.69) is 45.3 Å². The minimum absolute atomic E-state index is 0.0853. The van der Waals surface area contributed by atoms with Crippen LogP contribution in [0.5, 0.6) is 0 Å². The van der Waals surface area contributed by atoms with Gasteiger partial charge in [-0.25, -0.2) is 0 Å². The molecule has 2 rings (SSSR count). The Morgan fingerprint density at radius 3 is 2.28 bits per heavy atom. The highest BCUT2D eigenvalue weighted by Crippen LogP contribution is 2.47.